The third-order valence-electron chi connectivity index (χ3n) is 4.26. The van der Waals surface area contributed by atoms with Crippen molar-refractivity contribution in [3.8, 4) is 0 Å². The average Bonchev–Trinajstić information content (AvgIpc) is 2.49. The number of amides is 1. The SMILES string of the molecule is C=CC[C@@]1(Cc2ccccc2)C(=O)CCCN1C(=O)OC(C)(C)C. The van der Waals surface area contributed by atoms with Crippen LogP contribution >= 0.6 is 0 Å². The van der Waals surface area contributed by atoms with Crippen LogP contribution in [0.2, 0.25) is 0 Å². The number of nitrogens with zero attached hydrogens (tertiary/aromatic N) is 1. The van der Waals surface area contributed by atoms with Crippen molar-refractivity contribution in [1.29, 1.82) is 0 Å². The molecule has 24 heavy (non-hydrogen) atoms. The number of hydrogen-bond acceptors (Lipinski definition) is 3. The van der Waals surface area contributed by atoms with Crippen molar-refractivity contribution in [2.45, 2.75) is 57.6 Å². The fourth-order valence-corrected chi connectivity index (χ4v) is 3.24. The van der Waals surface area contributed by atoms with Gasteiger partial charge in [0.15, 0.2) is 5.78 Å². The van der Waals surface area contributed by atoms with E-state index >= 15 is 0 Å². The van der Waals surface area contributed by atoms with E-state index in [-0.39, 0.29) is 5.78 Å². The summed E-state index contributed by atoms with van der Waals surface area (Å²) in [6.07, 6.45) is 3.38. The third-order valence-corrected chi connectivity index (χ3v) is 4.26. The quantitative estimate of drug-likeness (QED) is 0.780. The van der Waals surface area contributed by atoms with Crippen LogP contribution in [0.25, 0.3) is 0 Å². The van der Waals surface area contributed by atoms with Gasteiger partial charge in [0.1, 0.15) is 11.1 Å². The number of rotatable bonds is 4. The molecule has 1 aliphatic heterocycles. The minimum absolute atomic E-state index is 0.0864. The minimum Gasteiger partial charge on any atom is -0.444 e. The molecule has 130 valence electrons. The second-order valence-electron chi connectivity index (χ2n) is 7.35. The van der Waals surface area contributed by atoms with Crippen molar-refractivity contribution < 1.29 is 14.3 Å². The van der Waals surface area contributed by atoms with Crippen molar-refractivity contribution >= 4 is 11.9 Å². The predicted molar refractivity (Wildman–Crippen MR) is 94.9 cm³/mol. The molecule has 1 aliphatic rings. The molecule has 0 saturated carbocycles. The van der Waals surface area contributed by atoms with Crippen LogP contribution in [0.4, 0.5) is 4.79 Å². The van der Waals surface area contributed by atoms with Gasteiger partial charge in [0.05, 0.1) is 0 Å². The van der Waals surface area contributed by atoms with E-state index in [1.165, 1.54) is 0 Å². The number of piperidine rings is 1. The molecule has 0 radical (unpaired) electrons. The number of carbonyl (C=O) groups excluding carboxylic acids is 2. The highest BCUT2D eigenvalue weighted by atomic mass is 16.6. The molecule has 0 spiro atoms. The summed E-state index contributed by atoms with van der Waals surface area (Å²) < 4.78 is 5.57. The molecule has 1 amide bonds. The van der Waals surface area contributed by atoms with Crippen molar-refractivity contribution in [2.75, 3.05) is 6.54 Å². The second kappa shape index (κ2) is 7.20. The first kappa shape index (κ1) is 18.2. The molecule has 2 rings (SSSR count). The molecular formula is C20H27NO3. The minimum atomic E-state index is -0.899. The molecule has 1 fully saturated rings. The Morgan fingerprint density at radius 1 is 1.33 bits per heavy atom. The Morgan fingerprint density at radius 2 is 2.00 bits per heavy atom. The molecule has 0 N–H and O–H groups in total. The zero-order chi connectivity index (χ0) is 17.8. The van der Waals surface area contributed by atoms with Crippen LogP contribution in [0.5, 0.6) is 0 Å². The summed E-state index contributed by atoms with van der Waals surface area (Å²) >= 11 is 0. The van der Waals surface area contributed by atoms with E-state index in [0.717, 1.165) is 5.56 Å². The lowest BCUT2D eigenvalue weighted by atomic mass is 9.78. The number of benzene rings is 1. The summed E-state index contributed by atoms with van der Waals surface area (Å²) in [5.41, 5.74) is -0.461. The molecule has 1 aromatic rings. The van der Waals surface area contributed by atoms with Crippen LogP contribution < -0.4 is 0 Å². The van der Waals surface area contributed by atoms with Gasteiger partial charge >= 0.3 is 6.09 Å². The molecule has 0 unspecified atom stereocenters. The largest absolute Gasteiger partial charge is 0.444 e. The maximum atomic E-state index is 12.9. The summed E-state index contributed by atoms with van der Waals surface area (Å²) in [5.74, 6) is 0.0864. The number of ether oxygens (including phenoxy) is 1. The van der Waals surface area contributed by atoms with E-state index < -0.39 is 17.2 Å². The molecule has 4 nitrogen and oxygen atoms in total. The molecule has 4 heteroatoms. The number of Topliss-reactive ketones (excluding diaryl/α,β-unsaturated/α-hetero) is 1. The topological polar surface area (TPSA) is 46.6 Å². The van der Waals surface area contributed by atoms with E-state index in [0.29, 0.717) is 32.2 Å². The van der Waals surface area contributed by atoms with Crippen molar-refractivity contribution in [3.05, 3.63) is 48.6 Å². The fraction of sp³-hybridized carbons (Fsp3) is 0.500. The molecule has 1 saturated heterocycles. The molecule has 0 bridgehead atoms. The monoisotopic (exact) mass is 329 g/mol. The van der Waals surface area contributed by atoms with E-state index in [4.69, 9.17) is 4.74 Å². The Labute approximate surface area is 144 Å². The fourth-order valence-electron chi connectivity index (χ4n) is 3.24. The van der Waals surface area contributed by atoms with Crippen molar-refractivity contribution in [2.24, 2.45) is 0 Å². The zero-order valence-corrected chi connectivity index (χ0v) is 14.9. The first-order chi connectivity index (χ1) is 11.3. The van der Waals surface area contributed by atoms with Crippen LogP contribution in [-0.4, -0.2) is 34.5 Å². The van der Waals surface area contributed by atoms with Gasteiger partial charge in [-0.15, -0.1) is 6.58 Å². The Hall–Kier alpha value is -2.10. The first-order valence-electron chi connectivity index (χ1n) is 8.47. The predicted octanol–water partition coefficient (Wildman–Crippen LogP) is 4.14. The van der Waals surface area contributed by atoms with Gasteiger partial charge in [0, 0.05) is 19.4 Å². The summed E-state index contributed by atoms with van der Waals surface area (Å²) in [6.45, 7) is 9.85. The average molecular weight is 329 g/mol. The highest BCUT2D eigenvalue weighted by Crippen LogP contribution is 2.34. The Balaban J connectivity index is 2.39. The zero-order valence-electron chi connectivity index (χ0n) is 14.9. The van der Waals surface area contributed by atoms with Gasteiger partial charge in [-0.05, 0) is 39.2 Å². The summed E-state index contributed by atoms with van der Waals surface area (Å²) in [4.78, 5) is 27.3. The van der Waals surface area contributed by atoms with E-state index in [2.05, 4.69) is 6.58 Å². The molecule has 1 aromatic carbocycles. The molecule has 0 aliphatic carbocycles. The number of hydrogen-bond donors (Lipinski definition) is 0. The maximum Gasteiger partial charge on any atom is 0.411 e. The lowest BCUT2D eigenvalue weighted by molar-refractivity contribution is -0.134. The normalized spacial score (nSPS) is 21.5. The first-order valence-corrected chi connectivity index (χ1v) is 8.47. The second-order valence-corrected chi connectivity index (χ2v) is 7.35. The number of ketones is 1. The Bertz CT molecular complexity index is 603. The standard InChI is InChI=1S/C20H27NO3/c1-5-13-20(15-16-10-7-6-8-11-16)17(22)12-9-14-21(20)18(23)24-19(2,3)4/h5-8,10-11H,1,9,12-15H2,2-4H3/t20-/m1/s1. The van der Waals surface area contributed by atoms with Gasteiger partial charge < -0.3 is 4.74 Å². The highest BCUT2D eigenvalue weighted by molar-refractivity contribution is 5.93. The van der Waals surface area contributed by atoms with Gasteiger partial charge in [-0.1, -0.05) is 36.4 Å². The Morgan fingerprint density at radius 3 is 2.58 bits per heavy atom. The maximum absolute atomic E-state index is 12.9. The van der Waals surface area contributed by atoms with Crippen molar-refractivity contribution in [3.63, 3.8) is 0 Å². The van der Waals surface area contributed by atoms with Gasteiger partial charge in [-0.25, -0.2) is 4.79 Å². The molecule has 1 heterocycles. The van der Waals surface area contributed by atoms with Crippen LogP contribution in [-0.2, 0) is 16.0 Å². The number of likely N-dealkylation sites (tertiary alicyclic amines) is 1. The number of carbonyl (C=O) groups is 2. The smallest absolute Gasteiger partial charge is 0.411 e. The summed E-state index contributed by atoms with van der Waals surface area (Å²) in [7, 11) is 0. The third kappa shape index (κ3) is 4.05. The van der Waals surface area contributed by atoms with E-state index in [1.807, 2.05) is 51.1 Å². The van der Waals surface area contributed by atoms with E-state index in [9.17, 15) is 9.59 Å². The summed E-state index contributed by atoms with van der Waals surface area (Å²) in [5, 5.41) is 0. The van der Waals surface area contributed by atoms with Crippen LogP contribution in [0.3, 0.4) is 0 Å². The lowest BCUT2D eigenvalue weighted by Gasteiger charge is -2.45. The van der Waals surface area contributed by atoms with Gasteiger partial charge in [0.2, 0.25) is 0 Å². The van der Waals surface area contributed by atoms with E-state index in [1.54, 1.807) is 11.0 Å². The van der Waals surface area contributed by atoms with Gasteiger partial charge in [-0.2, -0.15) is 0 Å². The van der Waals surface area contributed by atoms with Gasteiger partial charge in [-0.3, -0.25) is 9.69 Å². The molecule has 0 aromatic heterocycles. The lowest BCUT2D eigenvalue weighted by Crippen LogP contribution is -2.61. The Kier molecular flexibility index (Phi) is 5.47. The van der Waals surface area contributed by atoms with Crippen LogP contribution in [0, 0.1) is 0 Å². The molecular weight excluding hydrogens is 302 g/mol. The van der Waals surface area contributed by atoms with Crippen molar-refractivity contribution in [1.82, 2.24) is 4.90 Å². The summed E-state index contributed by atoms with van der Waals surface area (Å²) in [6, 6.07) is 9.81. The molecule has 1 atom stereocenters. The van der Waals surface area contributed by atoms with Gasteiger partial charge in [0.25, 0.3) is 0 Å². The van der Waals surface area contributed by atoms with Crippen LogP contribution in [0.1, 0.15) is 45.6 Å². The van der Waals surface area contributed by atoms with Crippen LogP contribution in [0.15, 0.2) is 43.0 Å². The highest BCUT2D eigenvalue weighted by Gasteiger charge is 2.48.